The van der Waals surface area contributed by atoms with Gasteiger partial charge in [0.15, 0.2) is 0 Å². The van der Waals surface area contributed by atoms with Crippen molar-refractivity contribution in [2.75, 3.05) is 6.61 Å². The van der Waals surface area contributed by atoms with Crippen LogP contribution in [-0.2, 0) is 11.8 Å². The molecule has 1 aliphatic heterocycles. The minimum absolute atomic E-state index is 0.848. The van der Waals surface area contributed by atoms with Crippen LogP contribution in [0.5, 0.6) is 5.75 Å². The number of benzene rings is 1. The molecule has 0 fully saturated rings. The Hall–Kier alpha value is -0.500. The molecule has 1 heterocycles. The van der Waals surface area contributed by atoms with Gasteiger partial charge >= 0.3 is 0 Å². The predicted octanol–water partition coefficient (Wildman–Crippen LogP) is 2.52. The fourth-order valence-electron chi connectivity index (χ4n) is 1.29. The monoisotopic (exact) mass is 212 g/mol. The van der Waals surface area contributed by atoms with Crippen LogP contribution in [0.2, 0.25) is 0 Å². The van der Waals surface area contributed by atoms with Crippen LogP contribution in [0, 0.1) is 0 Å². The van der Waals surface area contributed by atoms with Crippen LogP contribution in [0.1, 0.15) is 11.1 Å². The topological polar surface area (TPSA) is 9.23 Å². The van der Waals surface area contributed by atoms with Gasteiger partial charge in [0.05, 0.1) is 6.61 Å². The molecule has 0 spiro atoms. The second-order valence-electron chi connectivity index (χ2n) is 2.67. The molecule has 0 amide bonds. The molecule has 0 radical (unpaired) electrons. The highest BCUT2D eigenvalue weighted by atomic mass is 79.9. The van der Waals surface area contributed by atoms with Gasteiger partial charge in [0.25, 0.3) is 0 Å². The molecule has 1 aromatic rings. The van der Waals surface area contributed by atoms with Gasteiger partial charge in [-0.25, -0.2) is 0 Å². The molecule has 0 saturated heterocycles. The summed E-state index contributed by atoms with van der Waals surface area (Å²) in [5, 5.41) is 0.906. The van der Waals surface area contributed by atoms with E-state index in [9.17, 15) is 0 Å². The van der Waals surface area contributed by atoms with Crippen LogP contribution in [0.4, 0.5) is 0 Å². The van der Waals surface area contributed by atoms with Gasteiger partial charge in [0.2, 0.25) is 0 Å². The van der Waals surface area contributed by atoms with Crippen molar-refractivity contribution in [2.24, 2.45) is 0 Å². The van der Waals surface area contributed by atoms with Crippen LogP contribution in [0.3, 0.4) is 0 Å². The number of hydrogen-bond donors (Lipinski definition) is 0. The molecule has 0 aromatic heterocycles. The molecule has 1 aromatic carbocycles. The van der Waals surface area contributed by atoms with Crippen molar-refractivity contribution in [2.45, 2.75) is 11.8 Å². The fraction of sp³-hybridized carbons (Fsp3) is 0.333. The summed E-state index contributed by atoms with van der Waals surface area (Å²) in [6, 6.07) is 6.40. The Morgan fingerprint density at radius 1 is 1.45 bits per heavy atom. The van der Waals surface area contributed by atoms with Gasteiger partial charge in [-0.15, -0.1) is 0 Å². The van der Waals surface area contributed by atoms with Gasteiger partial charge in [-0.05, 0) is 17.2 Å². The van der Waals surface area contributed by atoms with Crippen LogP contribution in [0.25, 0.3) is 0 Å². The van der Waals surface area contributed by atoms with E-state index in [0.29, 0.717) is 0 Å². The molecule has 0 atom stereocenters. The Kier molecular flexibility index (Phi) is 1.86. The van der Waals surface area contributed by atoms with E-state index >= 15 is 0 Å². The first-order valence-corrected chi connectivity index (χ1v) is 4.83. The van der Waals surface area contributed by atoms with Crippen molar-refractivity contribution in [3.63, 3.8) is 0 Å². The SMILES string of the molecule is BrCc1ccc2c(c1)OCC2. The summed E-state index contributed by atoms with van der Waals surface area (Å²) in [4.78, 5) is 0. The first kappa shape index (κ1) is 7.17. The van der Waals surface area contributed by atoms with Crippen molar-refractivity contribution in [3.8, 4) is 5.75 Å². The first-order chi connectivity index (χ1) is 5.40. The van der Waals surface area contributed by atoms with E-state index in [4.69, 9.17) is 4.74 Å². The van der Waals surface area contributed by atoms with E-state index in [1.807, 2.05) is 0 Å². The maximum atomic E-state index is 5.42. The van der Waals surface area contributed by atoms with Crippen molar-refractivity contribution in [3.05, 3.63) is 29.3 Å². The lowest BCUT2D eigenvalue weighted by Crippen LogP contribution is -1.86. The lowest BCUT2D eigenvalue weighted by Gasteiger charge is -1.99. The molecular formula is C9H9BrO. The molecule has 0 unspecified atom stereocenters. The summed E-state index contributed by atoms with van der Waals surface area (Å²) >= 11 is 3.41. The molecule has 0 saturated carbocycles. The van der Waals surface area contributed by atoms with E-state index < -0.39 is 0 Å². The molecule has 58 valence electrons. The molecule has 0 bridgehead atoms. The van der Waals surface area contributed by atoms with E-state index in [0.717, 1.165) is 24.1 Å². The summed E-state index contributed by atoms with van der Waals surface area (Å²) in [7, 11) is 0. The second-order valence-corrected chi connectivity index (χ2v) is 3.23. The second kappa shape index (κ2) is 2.86. The maximum absolute atomic E-state index is 5.42. The molecule has 1 aliphatic rings. The highest BCUT2D eigenvalue weighted by Gasteiger charge is 2.10. The standard InChI is InChI=1S/C9H9BrO/c10-6-7-1-2-8-3-4-11-9(8)5-7/h1-2,5H,3-4,6H2. The molecule has 1 nitrogen and oxygen atoms in total. The fourth-order valence-corrected chi connectivity index (χ4v) is 1.64. The zero-order chi connectivity index (χ0) is 7.68. The van der Waals surface area contributed by atoms with Gasteiger partial charge in [-0.3, -0.25) is 0 Å². The number of fused-ring (bicyclic) bond motifs is 1. The van der Waals surface area contributed by atoms with Crippen LogP contribution in [-0.4, -0.2) is 6.61 Å². The highest BCUT2D eigenvalue weighted by Crippen LogP contribution is 2.26. The Morgan fingerprint density at radius 3 is 3.18 bits per heavy atom. The van der Waals surface area contributed by atoms with Crippen LogP contribution < -0.4 is 4.74 Å². The average Bonchev–Trinajstić information content (AvgIpc) is 2.50. The molecule has 0 aliphatic carbocycles. The van der Waals surface area contributed by atoms with Gasteiger partial charge in [0.1, 0.15) is 5.75 Å². The summed E-state index contributed by atoms with van der Waals surface area (Å²) in [6.45, 7) is 0.848. The van der Waals surface area contributed by atoms with E-state index in [1.165, 1.54) is 11.1 Å². The Bertz CT molecular complexity index is 270. The third-order valence-corrected chi connectivity index (χ3v) is 2.56. The Labute approximate surface area is 74.5 Å². The molecule has 2 rings (SSSR count). The zero-order valence-corrected chi connectivity index (χ0v) is 7.73. The van der Waals surface area contributed by atoms with Gasteiger partial charge < -0.3 is 4.74 Å². The van der Waals surface area contributed by atoms with E-state index in [-0.39, 0.29) is 0 Å². The molecule has 2 heteroatoms. The average molecular weight is 213 g/mol. The Balaban J connectivity index is 2.41. The third kappa shape index (κ3) is 1.27. The van der Waals surface area contributed by atoms with E-state index in [2.05, 4.69) is 34.1 Å². The van der Waals surface area contributed by atoms with Gasteiger partial charge in [-0.2, -0.15) is 0 Å². The molecule has 11 heavy (non-hydrogen) atoms. The minimum Gasteiger partial charge on any atom is -0.493 e. The first-order valence-electron chi connectivity index (χ1n) is 3.71. The Morgan fingerprint density at radius 2 is 2.36 bits per heavy atom. The number of hydrogen-bond acceptors (Lipinski definition) is 1. The number of rotatable bonds is 1. The smallest absolute Gasteiger partial charge is 0.122 e. The van der Waals surface area contributed by atoms with Gasteiger partial charge in [-0.1, -0.05) is 28.1 Å². The summed E-state index contributed by atoms with van der Waals surface area (Å²) in [6.07, 6.45) is 1.07. The highest BCUT2D eigenvalue weighted by molar-refractivity contribution is 9.08. The zero-order valence-electron chi connectivity index (χ0n) is 6.14. The lowest BCUT2D eigenvalue weighted by molar-refractivity contribution is 0.356. The van der Waals surface area contributed by atoms with Crippen molar-refractivity contribution < 1.29 is 4.74 Å². The maximum Gasteiger partial charge on any atom is 0.122 e. The number of alkyl halides is 1. The molecule has 0 N–H and O–H groups in total. The minimum atomic E-state index is 0.848. The molecular weight excluding hydrogens is 204 g/mol. The summed E-state index contributed by atoms with van der Waals surface area (Å²) in [5.74, 6) is 1.07. The number of ether oxygens (including phenoxy) is 1. The van der Waals surface area contributed by atoms with Crippen molar-refractivity contribution in [1.29, 1.82) is 0 Å². The summed E-state index contributed by atoms with van der Waals surface area (Å²) in [5.41, 5.74) is 2.63. The van der Waals surface area contributed by atoms with E-state index in [1.54, 1.807) is 0 Å². The van der Waals surface area contributed by atoms with Crippen LogP contribution >= 0.6 is 15.9 Å². The van der Waals surface area contributed by atoms with Crippen molar-refractivity contribution >= 4 is 15.9 Å². The van der Waals surface area contributed by atoms with Gasteiger partial charge in [0, 0.05) is 11.8 Å². The third-order valence-electron chi connectivity index (χ3n) is 1.91. The lowest BCUT2D eigenvalue weighted by atomic mass is 10.1. The largest absolute Gasteiger partial charge is 0.493 e. The summed E-state index contributed by atoms with van der Waals surface area (Å²) < 4.78 is 5.42. The normalized spacial score (nSPS) is 14.3. The number of halogens is 1. The quantitative estimate of drug-likeness (QED) is 0.651. The van der Waals surface area contributed by atoms with Crippen LogP contribution in [0.15, 0.2) is 18.2 Å². The predicted molar refractivity (Wildman–Crippen MR) is 48.3 cm³/mol. The van der Waals surface area contributed by atoms with Crippen molar-refractivity contribution in [1.82, 2.24) is 0 Å².